The van der Waals surface area contributed by atoms with E-state index in [2.05, 4.69) is 20.4 Å². The van der Waals surface area contributed by atoms with Gasteiger partial charge < -0.3 is 14.9 Å². The first-order valence-electron chi connectivity index (χ1n) is 7.17. The zero-order chi connectivity index (χ0) is 14.9. The van der Waals surface area contributed by atoms with E-state index < -0.39 is 11.4 Å². The second kappa shape index (κ2) is 5.31. The molecule has 0 unspecified atom stereocenters. The predicted octanol–water partition coefficient (Wildman–Crippen LogP) is 2.37. The summed E-state index contributed by atoms with van der Waals surface area (Å²) in [4.78, 5) is 19.9. The van der Waals surface area contributed by atoms with E-state index in [1.807, 2.05) is 6.92 Å². The van der Waals surface area contributed by atoms with E-state index >= 15 is 0 Å². The Morgan fingerprint density at radius 1 is 1.38 bits per heavy atom. The monoisotopic (exact) mass is 290 g/mol. The van der Waals surface area contributed by atoms with Crippen LogP contribution in [0.4, 0.5) is 5.82 Å². The Hall–Kier alpha value is -2.18. The standard InChI is InChI=1S/C14H18N4O3/c1-9-10-11(16-8-17-12(10)21-18-9)15-7-14(13(19)20)5-3-2-4-6-14/h8H,2-7H2,1H3,(H,19,20)(H,15,16,17). The predicted molar refractivity (Wildman–Crippen MR) is 76.0 cm³/mol. The second-order valence-corrected chi connectivity index (χ2v) is 5.67. The number of aliphatic carboxylic acids is 1. The van der Waals surface area contributed by atoms with Gasteiger partial charge in [-0.3, -0.25) is 4.79 Å². The largest absolute Gasteiger partial charge is 0.481 e. The minimum Gasteiger partial charge on any atom is -0.481 e. The van der Waals surface area contributed by atoms with Crippen LogP contribution >= 0.6 is 0 Å². The lowest BCUT2D eigenvalue weighted by molar-refractivity contribution is -0.150. The van der Waals surface area contributed by atoms with Crippen LogP contribution in [0.1, 0.15) is 37.8 Å². The molecule has 112 valence electrons. The van der Waals surface area contributed by atoms with Gasteiger partial charge in [0.1, 0.15) is 17.5 Å². The van der Waals surface area contributed by atoms with Crippen molar-refractivity contribution in [2.75, 3.05) is 11.9 Å². The number of nitrogens with one attached hydrogen (secondary N) is 1. The van der Waals surface area contributed by atoms with Gasteiger partial charge in [0.05, 0.1) is 11.1 Å². The summed E-state index contributed by atoms with van der Waals surface area (Å²) >= 11 is 0. The summed E-state index contributed by atoms with van der Waals surface area (Å²) in [6, 6.07) is 0. The molecule has 0 radical (unpaired) electrons. The Balaban J connectivity index is 1.85. The molecule has 0 saturated heterocycles. The molecular formula is C14H18N4O3. The number of aromatic nitrogens is 3. The van der Waals surface area contributed by atoms with E-state index in [4.69, 9.17) is 4.52 Å². The summed E-state index contributed by atoms with van der Waals surface area (Å²) in [5, 5.41) is 17.4. The smallest absolute Gasteiger partial charge is 0.311 e. The lowest BCUT2D eigenvalue weighted by Crippen LogP contribution is -2.39. The number of hydrogen-bond donors (Lipinski definition) is 2. The molecule has 7 nitrogen and oxygen atoms in total. The van der Waals surface area contributed by atoms with Crippen LogP contribution in [-0.2, 0) is 4.79 Å². The first kappa shape index (κ1) is 13.8. The molecular weight excluding hydrogens is 272 g/mol. The number of fused-ring (bicyclic) bond motifs is 1. The quantitative estimate of drug-likeness (QED) is 0.891. The van der Waals surface area contributed by atoms with Gasteiger partial charge in [0.25, 0.3) is 5.71 Å². The van der Waals surface area contributed by atoms with Gasteiger partial charge in [-0.05, 0) is 19.8 Å². The summed E-state index contributed by atoms with van der Waals surface area (Å²) < 4.78 is 5.10. The van der Waals surface area contributed by atoms with E-state index in [0.717, 1.165) is 19.3 Å². The second-order valence-electron chi connectivity index (χ2n) is 5.67. The minimum atomic E-state index is -0.734. The molecule has 1 saturated carbocycles. The highest BCUT2D eigenvalue weighted by atomic mass is 16.5. The van der Waals surface area contributed by atoms with Crippen LogP contribution in [0.2, 0.25) is 0 Å². The van der Waals surface area contributed by atoms with E-state index in [0.29, 0.717) is 42.0 Å². The summed E-state index contributed by atoms with van der Waals surface area (Å²) in [5.41, 5.74) is 0.403. The van der Waals surface area contributed by atoms with E-state index in [9.17, 15) is 9.90 Å². The lowest BCUT2D eigenvalue weighted by Gasteiger charge is -2.33. The van der Waals surface area contributed by atoms with Gasteiger partial charge in [0.15, 0.2) is 0 Å². The highest BCUT2D eigenvalue weighted by Gasteiger charge is 2.39. The molecule has 1 aliphatic rings. The lowest BCUT2D eigenvalue weighted by atomic mass is 9.74. The van der Waals surface area contributed by atoms with Gasteiger partial charge in [-0.15, -0.1) is 0 Å². The zero-order valence-corrected chi connectivity index (χ0v) is 11.9. The fourth-order valence-electron chi connectivity index (χ4n) is 3.00. The van der Waals surface area contributed by atoms with Crippen LogP contribution in [0.15, 0.2) is 10.9 Å². The highest BCUT2D eigenvalue weighted by Crippen LogP contribution is 2.37. The molecule has 2 N–H and O–H groups in total. The van der Waals surface area contributed by atoms with Crippen LogP contribution in [-0.4, -0.2) is 32.7 Å². The number of hydrogen-bond acceptors (Lipinski definition) is 6. The van der Waals surface area contributed by atoms with Crippen LogP contribution in [0, 0.1) is 12.3 Å². The van der Waals surface area contributed by atoms with Crippen LogP contribution in [0.25, 0.3) is 11.1 Å². The molecule has 0 bridgehead atoms. The van der Waals surface area contributed by atoms with E-state index in [1.54, 1.807) is 0 Å². The number of carboxylic acids is 1. The van der Waals surface area contributed by atoms with Crippen LogP contribution in [0.3, 0.4) is 0 Å². The molecule has 1 aliphatic carbocycles. The first-order chi connectivity index (χ1) is 10.1. The Labute approximate surface area is 121 Å². The maximum atomic E-state index is 11.7. The van der Waals surface area contributed by atoms with Gasteiger partial charge in [-0.2, -0.15) is 4.98 Å². The van der Waals surface area contributed by atoms with Crippen molar-refractivity contribution in [2.45, 2.75) is 39.0 Å². The highest BCUT2D eigenvalue weighted by molar-refractivity contribution is 5.87. The van der Waals surface area contributed by atoms with Crippen molar-refractivity contribution in [1.82, 2.24) is 15.1 Å². The number of anilines is 1. The van der Waals surface area contributed by atoms with Crippen molar-refractivity contribution >= 4 is 22.9 Å². The summed E-state index contributed by atoms with van der Waals surface area (Å²) in [6.45, 7) is 2.17. The third kappa shape index (κ3) is 2.43. The molecule has 0 aromatic carbocycles. The molecule has 0 aliphatic heterocycles. The number of carbonyl (C=O) groups is 1. The van der Waals surface area contributed by atoms with Gasteiger partial charge in [-0.25, -0.2) is 4.98 Å². The fraction of sp³-hybridized carbons (Fsp3) is 0.571. The summed E-state index contributed by atoms with van der Waals surface area (Å²) in [5.74, 6) is -0.146. The van der Waals surface area contributed by atoms with Crippen molar-refractivity contribution in [3.8, 4) is 0 Å². The fourth-order valence-corrected chi connectivity index (χ4v) is 3.00. The first-order valence-corrected chi connectivity index (χ1v) is 7.17. The zero-order valence-electron chi connectivity index (χ0n) is 11.9. The van der Waals surface area contributed by atoms with Crippen molar-refractivity contribution in [3.63, 3.8) is 0 Å². The van der Waals surface area contributed by atoms with Crippen molar-refractivity contribution in [1.29, 1.82) is 0 Å². The van der Waals surface area contributed by atoms with Gasteiger partial charge in [0.2, 0.25) is 0 Å². The summed E-state index contributed by atoms with van der Waals surface area (Å²) in [7, 11) is 0. The number of nitrogens with zero attached hydrogens (tertiary/aromatic N) is 3. The van der Waals surface area contributed by atoms with Crippen molar-refractivity contribution in [2.24, 2.45) is 5.41 Å². The van der Waals surface area contributed by atoms with Gasteiger partial charge in [0, 0.05) is 6.54 Å². The molecule has 2 aromatic heterocycles. The maximum Gasteiger partial charge on any atom is 0.311 e. The Morgan fingerprint density at radius 3 is 2.86 bits per heavy atom. The molecule has 1 fully saturated rings. The molecule has 2 heterocycles. The third-order valence-corrected chi connectivity index (χ3v) is 4.30. The maximum absolute atomic E-state index is 11.7. The molecule has 0 spiro atoms. The van der Waals surface area contributed by atoms with Crippen molar-refractivity contribution < 1.29 is 14.4 Å². The average Bonchev–Trinajstić information content (AvgIpc) is 2.88. The minimum absolute atomic E-state index is 0.360. The third-order valence-electron chi connectivity index (χ3n) is 4.30. The molecule has 7 heteroatoms. The molecule has 0 atom stereocenters. The van der Waals surface area contributed by atoms with Gasteiger partial charge >= 0.3 is 5.97 Å². The normalized spacial score (nSPS) is 17.8. The Bertz CT molecular complexity index is 661. The SMILES string of the molecule is Cc1noc2ncnc(NCC3(C(=O)O)CCCCC3)c12. The molecule has 2 aromatic rings. The van der Waals surface area contributed by atoms with E-state index in [1.165, 1.54) is 6.33 Å². The molecule has 3 rings (SSSR count). The van der Waals surface area contributed by atoms with Crippen molar-refractivity contribution in [3.05, 3.63) is 12.0 Å². The van der Waals surface area contributed by atoms with Crippen LogP contribution < -0.4 is 5.32 Å². The topological polar surface area (TPSA) is 101 Å². The number of carboxylic acid groups (broad SMARTS) is 1. The van der Waals surface area contributed by atoms with Crippen LogP contribution in [0.5, 0.6) is 0 Å². The Morgan fingerprint density at radius 2 is 2.14 bits per heavy atom. The van der Waals surface area contributed by atoms with E-state index in [-0.39, 0.29) is 0 Å². The number of aryl methyl sites for hydroxylation is 1. The molecule has 0 amide bonds. The van der Waals surface area contributed by atoms with Gasteiger partial charge in [-0.1, -0.05) is 24.4 Å². The average molecular weight is 290 g/mol. The molecule has 21 heavy (non-hydrogen) atoms. The summed E-state index contributed by atoms with van der Waals surface area (Å²) in [6.07, 6.45) is 5.82. The Kier molecular flexibility index (Phi) is 3.48. The number of rotatable bonds is 4.